The van der Waals surface area contributed by atoms with Crippen LogP contribution in [0.3, 0.4) is 0 Å². The number of methoxy groups -OCH3 is 1. The van der Waals surface area contributed by atoms with Crippen LogP contribution < -0.4 is 0 Å². The second-order valence-electron chi connectivity index (χ2n) is 10.0. The summed E-state index contributed by atoms with van der Waals surface area (Å²) in [6.07, 6.45) is 20.7. The largest absolute Gasteiger partial charge is 0.469 e. The molecule has 7 nitrogen and oxygen atoms in total. The van der Waals surface area contributed by atoms with Crippen LogP contribution in [-0.4, -0.2) is 77.1 Å². The molecule has 218 valence electrons. The Morgan fingerprint density at radius 2 is 1.24 bits per heavy atom. The van der Waals surface area contributed by atoms with Gasteiger partial charge in [0.05, 0.1) is 26.4 Å². The van der Waals surface area contributed by atoms with Crippen molar-refractivity contribution in [1.82, 2.24) is 4.90 Å². The molecule has 0 bridgehead atoms. The van der Waals surface area contributed by atoms with Crippen LogP contribution in [0.5, 0.6) is 0 Å². The molecule has 0 aliphatic carbocycles. The number of rotatable bonds is 27. The third-order valence-corrected chi connectivity index (χ3v) is 6.40. The summed E-state index contributed by atoms with van der Waals surface area (Å²) in [6.45, 7) is 5.34. The SMILES string of the molecule is CCCCCCCC/C=C\COC(=O)CCCCCOCC(COCCCCCCC(=O)OC)N(C)C. The summed E-state index contributed by atoms with van der Waals surface area (Å²) in [7, 11) is 5.51. The summed E-state index contributed by atoms with van der Waals surface area (Å²) in [5.41, 5.74) is 0. The Labute approximate surface area is 227 Å². The van der Waals surface area contributed by atoms with Crippen LogP contribution in [0.15, 0.2) is 12.2 Å². The zero-order valence-electron chi connectivity index (χ0n) is 24.5. The van der Waals surface area contributed by atoms with E-state index in [9.17, 15) is 9.59 Å². The molecule has 0 radical (unpaired) electrons. The number of nitrogens with zero attached hydrogens (tertiary/aromatic N) is 1. The van der Waals surface area contributed by atoms with Crippen LogP contribution in [0.25, 0.3) is 0 Å². The van der Waals surface area contributed by atoms with E-state index in [-0.39, 0.29) is 18.0 Å². The molecule has 37 heavy (non-hydrogen) atoms. The fourth-order valence-electron chi connectivity index (χ4n) is 3.81. The van der Waals surface area contributed by atoms with Gasteiger partial charge in [-0.3, -0.25) is 9.59 Å². The van der Waals surface area contributed by atoms with Crippen molar-refractivity contribution in [3.05, 3.63) is 12.2 Å². The van der Waals surface area contributed by atoms with Crippen molar-refractivity contribution in [1.29, 1.82) is 0 Å². The molecule has 1 unspecified atom stereocenters. The summed E-state index contributed by atoms with van der Waals surface area (Å²) < 4.78 is 21.6. The zero-order chi connectivity index (χ0) is 27.4. The van der Waals surface area contributed by atoms with Crippen molar-refractivity contribution in [3.8, 4) is 0 Å². The molecule has 1 atom stereocenters. The molecule has 0 aromatic heterocycles. The van der Waals surface area contributed by atoms with Crippen LogP contribution in [-0.2, 0) is 28.5 Å². The molecule has 0 fully saturated rings. The summed E-state index contributed by atoms with van der Waals surface area (Å²) >= 11 is 0. The van der Waals surface area contributed by atoms with Crippen LogP contribution in [0.1, 0.15) is 110 Å². The van der Waals surface area contributed by atoms with Crippen LogP contribution >= 0.6 is 0 Å². The van der Waals surface area contributed by atoms with Gasteiger partial charge in [0.1, 0.15) is 6.61 Å². The standard InChI is InChI=1S/C30H57NO6/c1-5-6-7-8-9-10-11-13-20-25-37-30(33)22-17-15-19-24-36-27-28(31(2)3)26-35-23-18-14-12-16-21-29(32)34-4/h13,20,28H,5-12,14-19,21-27H2,1-4H3/b20-13-. The molecular formula is C30H57NO6. The van der Waals surface area contributed by atoms with E-state index in [4.69, 9.17) is 14.2 Å². The molecule has 0 heterocycles. The van der Waals surface area contributed by atoms with E-state index in [1.807, 2.05) is 20.2 Å². The van der Waals surface area contributed by atoms with Crippen molar-refractivity contribution < 1.29 is 28.5 Å². The van der Waals surface area contributed by atoms with Crippen molar-refractivity contribution in [2.45, 2.75) is 116 Å². The van der Waals surface area contributed by atoms with Gasteiger partial charge in [0.2, 0.25) is 0 Å². The molecule has 0 spiro atoms. The van der Waals surface area contributed by atoms with Crippen LogP contribution in [0.2, 0.25) is 0 Å². The number of ether oxygens (including phenoxy) is 4. The van der Waals surface area contributed by atoms with Gasteiger partial charge in [-0.1, -0.05) is 70.4 Å². The fraction of sp³-hybridized carbons (Fsp3) is 0.867. The van der Waals surface area contributed by atoms with Gasteiger partial charge < -0.3 is 23.8 Å². The maximum atomic E-state index is 11.8. The third-order valence-electron chi connectivity index (χ3n) is 6.40. The van der Waals surface area contributed by atoms with Gasteiger partial charge in [-0.15, -0.1) is 0 Å². The molecule has 0 aromatic rings. The number of unbranched alkanes of at least 4 members (excludes halogenated alkanes) is 11. The normalized spacial score (nSPS) is 12.4. The average molecular weight is 528 g/mol. The zero-order valence-corrected chi connectivity index (χ0v) is 24.5. The molecule has 0 N–H and O–H groups in total. The number of hydrogen-bond donors (Lipinski definition) is 0. The van der Waals surface area contributed by atoms with Gasteiger partial charge in [-0.2, -0.15) is 0 Å². The monoisotopic (exact) mass is 527 g/mol. The van der Waals surface area contributed by atoms with Crippen LogP contribution in [0.4, 0.5) is 0 Å². The molecule has 0 aliphatic heterocycles. The highest BCUT2D eigenvalue weighted by atomic mass is 16.5. The first-order valence-electron chi connectivity index (χ1n) is 14.7. The smallest absolute Gasteiger partial charge is 0.306 e. The molecule has 0 aliphatic rings. The molecule has 0 aromatic carbocycles. The van der Waals surface area contributed by atoms with E-state index in [0.29, 0.717) is 39.3 Å². The minimum Gasteiger partial charge on any atom is -0.469 e. The Morgan fingerprint density at radius 1 is 0.703 bits per heavy atom. The first kappa shape index (κ1) is 35.6. The van der Waals surface area contributed by atoms with Gasteiger partial charge >= 0.3 is 11.9 Å². The topological polar surface area (TPSA) is 74.3 Å². The van der Waals surface area contributed by atoms with Gasteiger partial charge in [0, 0.05) is 26.1 Å². The molecule has 0 saturated heterocycles. The Hall–Kier alpha value is -1.44. The maximum Gasteiger partial charge on any atom is 0.306 e. The first-order chi connectivity index (χ1) is 18.0. The minimum atomic E-state index is -0.134. The highest BCUT2D eigenvalue weighted by Crippen LogP contribution is 2.08. The van der Waals surface area contributed by atoms with Crippen molar-refractivity contribution in [2.24, 2.45) is 0 Å². The lowest BCUT2D eigenvalue weighted by Gasteiger charge is -2.24. The second kappa shape index (κ2) is 27.6. The highest BCUT2D eigenvalue weighted by molar-refractivity contribution is 5.69. The lowest BCUT2D eigenvalue weighted by Crippen LogP contribution is -2.37. The summed E-state index contributed by atoms with van der Waals surface area (Å²) in [4.78, 5) is 25.1. The number of carbonyl (C=O) groups is 2. The van der Waals surface area contributed by atoms with Crippen molar-refractivity contribution in [3.63, 3.8) is 0 Å². The molecule has 0 saturated carbocycles. The summed E-state index contributed by atoms with van der Waals surface area (Å²) in [5, 5.41) is 0. The predicted octanol–water partition coefficient (Wildman–Crippen LogP) is 6.48. The second-order valence-corrected chi connectivity index (χ2v) is 10.0. The molecule has 0 amide bonds. The average Bonchev–Trinajstić information content (AvgIpc) is 2.88. The highest BCUT2D eigenvalue weighted by Gasteiger charge is 2.12. The number of carbonyl (C=O) groups excluding carboxylic acids is 2. The minimum absolute atomic E-state index is 0.113. The lowest BCUT2D eigenvalue weighted by molar-refractivity contribution is -0.142. The molecule has 0 rings (SSSR count). The van der Waals surface area contributed by atoms with E-state index < -0.39 is 0 Å². The summed E-state index contributed by atoms with van der Waals surface area (Å²) in [6, 6.07) is 0.225. The van der Waals surface area contributed by atoms with Gasteiger partial charge in [-0.05, 0) is 52.6 Å². The van der Waals surface area contributed by atoms with Gasteiger partial charge in [-0.25, -0.2) is 0 Å². The van der Waals surface area contributed by atoms with Gasteiger partial charge in [0.25, 0.3) is 0 Å². The van der Waals surface area contributed by atoms with Crippen molar-refractivity contribution >= 4 is 11.9 Å². The molecular weight excluding hydrogens is 470 g/mol. The predicted molar refractivity (Wildman–Crippen MR) is 151 cm³/mol. The van der Waals surface area contributed by atoms with E-state index in [2.05, 4.69) is 22.6 Å². The maximum absolute atomic E-state index is 11.8. The van der Waals surface area contributed by atoms with Crippen LogP contribution in [0, 0.1) is 0 Å². The van der Waals surface area contributed by atoms with Crippen molar-refractivity contribution in [2.75, 3.05) is 54.2 Å². The number of hydrogen-bond acceptors (Lipinski definition) is 7. The summed E-state index contributed by atoms with van der Waals surface area (Å²) in [5.74, 6) is -0.247. The Bertz CT molecular complexity index is 552. The van der Waals surface area contributed by atoms with E-state index >= 15 is 0 Å². The van der Waals surface area contributed by atoms with Gasteiger partial charge in [0.15, 0.2) is 0 Å². The first-order valence-corrected chi connectivity index (χ1v) is 14.7. The number of likely N-dealkylation sites (N-methyl/N-ethyl adjacent to an activating group) is 1. The Balaban J connectivity index is 3.58. The lowest BCUT2D eigenvalue weighted by atomic mass is 10.1. The Morgan fingerprint density at radius 3 is 1.86 bits per heavy atom. The van der Waals surface area contributed by atoms with E-state index in [1.54, 1.807) is 0 Å². The number of allylic oxidation sites excluding steroid dienone is 1. The van der Waals surface area contributed by atoms with E-state index in [0.717, 1.165) is 58.0 Å². The fourth-order valence-corrected chi connectivity index (χ4v) is 3.81. The number of esters is 2. The van der Waals surface area contributed by atoms with E-state index in [1.165, 1.54) is 45.6 Å². The third kappa shape index (κ3) is 26.0. The quantitative estimate of drug-likeness (QED) is 0.0687. The molecule has 7 heteroatoms. The Kier molecular flexibility index (Phi) is 26.5.